The minimum atomic E-state index is -3.80. The number of hydrogen-bond donors (Lipinski definition) is 2. The Morgan fingerprint density at radius 3 is 2.54 bits per heavy atom. The number of methoxy groups -OCH3 is 2. The predicted molar refractivity (Wildman–Crippen MR) is 133 cm³/mol. The molecule has 0 atom stereocenters. The van der Waals surface area contributed by atoms with E-state index < -0.39 is 10.0 Å². The van der Waals surface area contributed by atoms with E-state index in [0.717, 1.165) is 11.1 Å². The first kappa shape index (κ1) is 22.8. The van der Waals surface area contributed by atoms with Gasteiger partial charge in [0.05, 0.1) is 41.3 Å². The Morgan fingerprint density at radius 2 is 1.86 bits per heavy atom. The molecule has 2 aromatic carbocycles. The summed E-state index contributed by atoms with van der Waals surface area (Å²) in [5, 5.41) is 5.93. The van der Waals surface area contributed by atoms with Crippen molar-refractivity contribution in [3.8, 4) is 22.8 Å². The lowest BCUT2D eigenvalue weighted by molar-refractivity contribution is 0.357. The van der Waals surface area contributed by atoms with E-state index >= 15 is 0 Å². The number of anilines is 2. The highest BCUT2D eigenvalue weighted by Crippen LogP contribution is 2.44. The second kappa shape index (κ2) is 8.67. The van der Waals surface area contributed by atoms with Crippen molar-refractivity contribution >= 4 is 32.7 Å². The normalized spacial score (nSPS) is 13.5. The zero-order valence-electron chi connectivity index (χ0n) is 19.2. The largest absolute Gasteiger partial charge is 0.493 e. The van der Waals surface area contributed by atoms with Gasteiger partial charge in [-0.25, -0.2) is 18.5 Å². The lowest BCUT2D eigenvalue weighted by Gasteiger charge is -2.29. The topological polar surface area (TPSA) is 147 Å². The predicted octanol–water partition coefficient (Wildman–Crippen LogP) is 2.50. The highest BCUT2D eigenvalue weighted by atomic mass is 32.2. The molecule has 35 heavy (non-hydrogen) atoms. The molecular weight excluding hydrogens is 468 g/mol. The molecule has 0 unspecified atom stereocenters. The Labute approximate surface area is 202 Å². The first-order valence-electron chi connectivity index (χ1n) is 10.8. The first-order valence-corrected chi connectivity index (χ1v) is 12.4. The van der Waals surface area contributed by atoms with Crippen molar-refractivity contribution in [2.75, 3.05) is 31.4 Å². The van der Waals surface area contributed by atoms with Crippen LogP contribution in [0.3, 0.4) is 0 Å². The fraction of sp³-hybridized carbons (Fsp3) is 0.208. The lowest BCUT2D eigenvalue weighted by Crippen LogP contribution is -2.32. The van der Waals surface area contributed by atoms with E-state index in [2.05, 4.69) is 9.97 Å². The van der Waals surface area contributed by atoms with Crippen molar-refractivity contribution in [2.45, 2.75) is 17.9 Å². The molecule has 3 heterocycles. The second-order valence-corrected chi connectivity index (χ2v) is 9.71. The van der Waals surface area contributed by atoms with Crippen LogP contribution in [0.4, 0.5) is 11.8 Å². The fourth-order valence-electron chi connectivity index (χ4n) is 4.40. The maximum Gasteiger partial charge on any atom is 0.238 e. The molecule has 0 saturated carbocycles. The standard InChI is InChI=1S/C24H24N6O4S/c1-33-19-12-18-21(20(22(19)34-2)17-5-3-4-9-27-17)23(25)29-24(28-18)30-10-8-14-6-7-16(35(26,31)32)11-15(14)13-30/h3-7,9,11-12H,8,10,13H2,1-2H3,(H2,25,28,29)(H2,26,31,32). The Morgan fingerprint density at radius 1 is 1.03 bits per heavy atom. The van der Waals surface area contributed by atoms with Crippen molar-refractivity contribution in [1.82, 2.24) is 15.0 Å². The molecular formula is C24H24N6O4S. The van der Waals surface area contributed by atoms with Gasteiger partial charge in [0.1, 0.15) is 5.82 Å². The molecule has 0 bridgehead atoms. The number of nitrogen functional groups attached to an aromatic ring is 1. The number of ether oxygens (including phenoxy) is 2. The number of hydrogen-bond acceptors (Lipinski definition) is 9. The van der Waals surface area contributed by atoms with Gasteiger partial charge in [-0.05, 0) is 41.8 Å². The van der Waals surface area contributed by atoms with Crippen LogP contribution in [0.15, 0.2) is 53.6 Å². The number of primary sulfonamides is 1. The number of pyridine rings is 1. The van der Waals surface area contributed by atoms with Crippen LogP contribution in [0.25, 0.3) is 22.2 Å². The zero-order chi connectivity index (χ0) is 24.7. The first-order chi connectivity index (χ1) is 16.8. The maximum absolute atomic E-state index is 11.8. The summed E-state index contributed by atoms with van der Waals surface area (Å²) in [6, 6.07) is 12.3. The van der Waals surface area contributed by atoms with Crippen molar-refractivity contribution in [1.29, 1.82) is 0 Å². The van der Waals surface area contributed by atoms with Gasteiger partial charge in [0.2, 0.25) is 16.0 Å². The molecule has 0 amide bonds. The summed E-state index contributed by atoms with van der Waals surface area (Å²) in [6.07, 6.45) is 2.39. The number of nitrogens with zero attached hydrogens (tertiary/aromatic N) is 4. The molecule has 0 radical (unpaired) electrons. The van der Waals surface area contributed by atoms with Crippen LogP contribution in [-0.4, -0.2) is 44.1 Å². The van der Waals surface area contributed by atoms with Gasteiger partial charge in [0.25, 0.3) is 0 Å². The molecule has 10 nitrogen and oxygen atoms in total. The minimum absolute atomic E-state index is 0.0777. The van der Waals surface area contributed by atoms with E-state index in [1.165, 1.54) is 6.07 Å². The Bertz CT molecular complexity index is 1540. The molecule has 180 valence electrons. The van der Waals surface area contributed by atoms with Gasteiger partial charge in [0, 0.05) is 25.4 Å². The summed E-state index contributed by atoms with van der Waals surface area (Å²) in [5.41, 5.74) is 10.3. The van der Waals surface area contributed by atoms with Gasteiger partial charge in [-0.1, -0.05) is 12.1 Å². The lowest BCUT2D eigenvalue weighted by atomic mass is 10.00. The third-order valence-electron chi connectivity index (χ3n) is 6.07. The van der Waals surface area contributed by atoms with Gasteiger partial charge < -0.3 is 20.1 Å². The zero-order valence-corrected chi connectivity index (χ0v) is 20.0. The van der Waals surface area contributed by atoms with E-state index in [-0.39, 0.29) is 10.7 Å². The molecule has 4 aromatic rings. The number of aromatic nitrogens is 3. The molecule has 0 spiro atoms. The average Bonchev–Trinajstić information content (AvgIpc) is 2.86. The smallest absolute Gasteiger partial charge is 0.238 e. The third kappa shape index (κ3) is 4.08. The monoisotopic (exact) mass is 492 g/mol. The van der Waals surface area contributed by atoms with Crippen LogP contribution in [0.5, 0.6) is 11.5 Å². The maximum atomic E-state index is 11.8. The molecule has 1 aliphatic heterocycles. The second-order valence-electron chi connectivity index (χ2n) is 8.15. The summed E-state index contributed by atoms with van der Waals surface area (Å²) in [6.45, 7) is 1.07. The number of nitrogens with two attached hydrogens (primary N) is 2. The Kier molecular flexibility index (Phi) is 5.65. The molecule has 11 heteroatoms. The molecule has 0 saturated heterocycles. The SMILES string of the molecule is COc1cc2nc(N3CCc4ccc(S(N)(=O)=O)cc4C3)nc(N)c2c(-c2ccccn2)c1OC. The molecule has 1 aliphatic rings. The summed E-state index contributed by atoms with van der Waals surface area (Å²) >= 11 is 0. The minimum Gasteiger partial charge on any atom is -0.493 e. The number of benzene rings is 2. The van der Waals surface area contributed by atoms with Crippen molar-refractivity contribution < 1.29 is 17.9 Å². The van der Waals surface area contributed by atoms with Crippen molar-refractivity contribution in [3.63, 3.8) is 0 Å². The number of fused-ring (bicyclic) bond motifs is 2. The van der Waals surface area contributed by atoms with Crippen LogP contribution >= 0.6 is 0 Å². The van der Waals surface area contributed by atoms with E-state index in [9.17, 15) is 8.42 Å². The number of rotatable bonds is 5. The van der Waals surface area contributed by atoms with Crippen LogP contribution < -0.4 is 25.2 Å². The molecule has 2 aromatic heterocycles. The highest BCUT2D eigenvalue weighted by Gasteiger charge is 2.25. The van der Waals surface area contributed by atoms with Gasteiger partial charge in [-0.3, -0.25) is 4.98 Å². The van der Waals surface area contributed by atoms with E-state index in [4.69, 9.17) is 25.3 Å². The van der Waals surface area contributed by atoms with Crippen LogP contribution in [-0.2, 0) is 23.0 Å². The Balaban J connectivity index is 1.64. The van der Waals surface area contributed by atoms with Gasteiger partial charge in [0.15, 0.2) is 11.5 Å². The summed E-state index contributed by atoms with van der Waals surface area (Å²) in [5.74, 6) is 1.69. The van der Waals surface area contributed by atoms with E-state index in [0.29, 0.717) is 59.1 Å². The summed E-state index contributed by atoms with van der Waals surface area (Å²) in [7, 11) is -0.685. The average molecular weight is 493 g/mol. The molecule has 0 fully saturated rings. The number of sulfonamides is 1. The van der Waals surface area contributed by atoms with Crippen LogP contribution in [0, 0.1) is 0 Å². The van der Waals surface area contributed by atoms with E-state index in [1.54, 1.807) is 38.6 Å². The molecule has 4 N–H and O–H groups in total. The quantitative estimate of drug-likeness (QED) is 0.429. The van der Waals surface area contributed by atoms with Crippen LogP contribution in [0.1, 0.15) is 11.1 Å². The fourth-order valence-corrected chi connectivity index (χ4v) is 4.97. The van der Waals surface area contributed by atoms with Crippen molar-refractivity contribution in [2.24, 2.45) is 5.14 Å². The van der Waals surface area contributed by atoms with E-state index in [1.807, 2.05) is 23.1 Å². The molecule has 5 rings (SSSR count). The Hall–Kier alpha value is -3.96. The van der Waals surface area contributed by atoms with Gasteiger partial charge >= 0.3 is 0 Å². The van der Waals surface area contributed by atoms with Crippen molar-refractivity contribution in [3.05, 3.63) is 59.8 Å². The van der Waals surface area contributed by atoms with Gasteiger partial charge in [-0.15, -0.1) is 0 Å². The summed E-state index contributed by atoms with van der Waals surface area (Å²) in [4.78, 5) is 15.9. The summed E-state index contributed by atoms with van der Waals surface area (Å²) < 4.78 is 34.9. The molecule has 0 aliphatic carbocycles. The third-order valence-corrected chi connectivity index (χ3v) is 6.98. The highest BCUT2D eigenvalue weighted by molar-refractivity contribution is 7.89. The van der Waals surface area contributed by atoms with Gasteiger partial charge in [-0.2, -0.15) is 4.98 Å². The van der Waals surface area contributed by atoms with Crippen LogP contribution in [0.2, 0.25) is 0 Å².